The number of rotatable bonds is 6. The summed E-state index contributed by atoms with van der Waals surface area (Å²) in [7, 11) is 0. The van der Waals surface area contributed by atoms with Gasteiger partial charge in [0, 0.05) is 19.6 Å². The first kappa shape index (κ1) is 19.5. The van der Waals surface area contributed by atoms with Gasteiger partial charge in [0.15, 0.2) is 5.16 Å². The Hall–Kier alpha value is -2.23. The van der Waals surface area contributed by atoms with Gasteiger partial charge in [0.2, 0.25) is 5.91 Å². The fourth-order valence-electron chi connectivity index (χ4n) is 2.70. The van der Waals surface area contributed by atoms with Gasteiger partial charge in [-0.3, -0.25) is 14.5 Å². The number of benzene rings is 1. The van der Waals surface area contributed by atoms with E-state index >= 15 is 0 Å². The van der Waals surface area contributed by atoms with Crippen LogP contribution in [0, 0.1) is 12.7 Å². The summed E-state index contributed by atoms with van der Waals surface area (Å²) >= 11 is 1.10. The van der Waals surface area contributed by atoms with Crippen molar-refractivity contribution in [3.63, 3.8) is 0 Å². The third-order valence-electron chi connectivity index (χ3n) is 4.17. The van der Waals surface area contributed by atoms with Crippen LogP contribution in [-0.2, 0) is 16.1 Å². The van der Waals surface area contributed by atoms with E-state index in [1.54, 1.807) is 19.1 Å². The van der Waals surface area contributed by atoms with Gasteiger partial charge in [-0.05, 0) is 19.1 Å². The van der Waals surface area contributed by atoms with Crippen LogP contribution in [0.1, 0.15) is 11.3 Å². The van der Waals surface area contributed by atoms with Crippen LogP contribution >= 0.6 is 11.8 Å². The van der Waals surface area contributed by atoms with Crippen LogP contribution in [0.5, 0.6) is 0 Å². The summed E-state index contributed by atoms with van der Waals surface area (Å²) in [5, 5.41) is 2.87. The number of thioether (sulfide) groups is 1. The second-order valence-electron chi connectivity index (χ2n) is 6.14. The van der Waals surface area contributed by atoms with Gasteiger partial charge < -0.3 is 15.0 Å². The average molecular weight is 392 g/mol. The largest absolute Gasteiger partial charge is 0.379 e. The molecule has 2 aromatic rings. The summed E-state index contributed by atoms with van der Waals surface area (Å²) < 4.78 is 18.9. The predicted octanol–water partition coefficient (Wildman–Crippen LogP) is 1.78. The number of para-hydroxylation sites is 1. The number of carbonyl (C=O) groups excluding carboxylic acids is 1. The van der Waals surface area contributed by atoms with E-state index in [0.717, 1.165) is 24.9 Å². The Balaban J connectivity index is 1.59. The van der Waals surface area contributed by atoms with Crippen LogP contribution in [0.4, 0.5) is 10.1 Å². The van der Waals surface area contributed by atoms with Crippen LogP contribution in [0.2, 0.25) is 0 Å². The zero-order valence-electron chi connectivity index (χ0n) is 15.0. The number of carbonyl (C=O) groups is 1. The van der Waals surface area contributed by atoms with Crippen LogP contribution in [0.3, 0.4) is 0 Å². The molecular weight excluding hydrogens is 371 g/mol. The summed E-state index contributed by atoms with van der Waals surface area (Å²) in [5.41, 5.74) is 1.19. The number of nitrogens with zero attached hydrogens (tertiary/aromatic N) is 2. The van der Waals surface area contributed by atoms with Crippen LogP contribution < -0.4 is 10.9 Å². The van der Waals surface area contributed by atoms with Gasteiger partial charge >= 0.3 is 0 Å². The number of anilines is 1. The smallest absolute Gasteiger partial charge is 0.256 e. The fourth-order valence-corrected chi connectivity index (χ4v) is 3.41. The summed E-state index contributed by atoms with van der Waals surface area (Å²) in [6, 6.07) is 5.96. The first-order valence-corrected chi connectivity index (χ1v) is 9.58. The molecule has 0 saturated carbocycles. The maximum atomic E-state index is 13.6. The molecule has 1 fully saturated rings. The first-order chi connectivity index (χ1) is 13.0. The van der Waals surface area contributed by atoms with E-state index < -0.39 is 5.82 Å². The van der Waals surface area contributed by atoms with E-state index in [-0.39, 0.29) is 22.9 Å². The Morgan fingerprint density at radius 1 is 1.37 bits per heavy atom. The number of ether oxygens (including phenoxy) is 1. The Morgan fingerprint density at radius 3 is 2.81 bits per heavy atom. The molecule has 1 saturated heterocycles. The van der Waals surface area contributed by atoms with E-state index in [2.05, 4.69) is 20.2 Å². The summed E-state index contributed by atoms with van der Waals surface area (Å²) in [6.45, 7) is 5.20. The molecule has 0 bridgehead atoms. The van der Waals surface area contributed by atoms with Crippen LogP contribution in [0.25, 0.3) is 0 Å². The predicted molar refractivity (Wildman–Crippen MR) is 101 cm³/mol. The van der Waals surface area contributed by atoms with Crippen molar-refractivity contribution in [3.05, 3.63) is 51.7 Å². The number of aromatic amines is 1. The lowest BCUT2D eigenvalue weighted by Crippen LogP contribution is -2.37. The standard InChI is InChI=1S/C18H21FN4O3S/c1-12-13(10-23-6-8-26-9-7-23)17(25)22-18(20-12)27-11-16(24)21-15-5-3-2-4-14(15)19/h2-5H,6-11H2,1H3,(H,21,24)(H,20,22,25). The minimum atomic E-state index is -0.495. The number of halogens is 1. The minimum absolute atomic E-state index is 0.0134. The maximum Gasteiger partial charge on any atom is 0.256 e. The van der Waals surface area contributed by atoms with E-state index in [0.29, 0.717) is 36.2 Å². The molecule has 1 aromatic heterocycles. The molecule has 1 aromatic carbocycles. The molecule has 9 heteroatoms. The molecule has 27 heavy (non-hydrogen) atoms. The van der Waals surface area contributed by atoms with E-state index in [4.69, 9.17) is 4.74 Å². The lowest BCUT2D eigenvalue weighted by Gasteiger charge is -2.26. The zero-order chi connectivity index (χ0) is 19.2. The molecule has 0 unspecified atom stereocenters. The Morgan fingerprint density at radius 2 is 2.11 bits per heavy atom. The van der Waals surface area contributed by atoms with Crippen molar-refractivity contribution >= 4 is 23.4 Å². The second kappa shape index (κ2) is 9.12. The molecule has 144 valence electrons. The highest BCUT2D eigenvalue weighted by Crippen LogP contribution is 2.16. The normalized spacial score (nSPS) is 14.9. The van der Waals surface area contributed by atoms with Crippen molar-refractivity contribution in [3.8, 4) is 0 Å². The molecule has 0 aliphatic carbocycles. The molecule has 2 heterocycles. The minimum Gasteiger partial charge on any atom is -0.379 e. The number of H-pyrrole nitrogens is 1. The number of morpholine rings is 1. The zero-order valence-corrected chi connectivity index (χ0v) is 15.8. The number of aryl methyl sites for hydroxylation is 1. The molecular formula is C18H21FN4O3S. The van der Waals surface area contributed by atoms with Gasteiger partial charge in [0.05, 0.1) is 35.9 Å². The first-order valence-electron chi connectivity index (χ1n) is 8.60. The summed E-state index contributed by atoms with van der Waals surface area (Å²) in [5.74, 6) is -0.854. The molecule has 3 rings (SSSR count). The van der Waals surface area contributed by atoms with E-state index in [9.17, 15) is 14.0 Å². The fraction of sp³-hybridized carbons (Fsp3) is 0.389. The monoisotopic (exact) mass is 392 g/mol. The number of nitrogens with one attached hydrogen (secondary N) is 2. The third-order valence-corrected chi connectivity index (χ3v) is 5.05. The summed E-state index contributed by atoms with van der Waals surface area (Å²) in [6.07, 6.45) is 0. The third kappa shape index (κ3) is 5.38. The number of hydrogen-bond acceptors (Lipinski definition) is 6. The molecule has 1 amide bonds. The Bertz CT molecular complexity index is 868. The Labute approximate surface area is 160 Å². The molecule has 7 nitrogen and oxygen atoms in total. The number of aromatic nitrogens is 2. The van der Waals surface area contributed by atoms with Crippen molar-refractivity contribution in [2.45, 2.75) is 18.6 Å². The molecule has 0 spiro atoms. The summed E-state index contributed by atoms with van der Waals surface area (Å²) in [4.78, 5) is 33.7. The maximum absolute atomic E-state index is 13.6. The van der Waals surface area contributed by atoms with Crippen LogP contribution in [0.15, 0.2) is 34.2 Å². The van der Waals surface area contributed by atoms with Crippen molar-refractivity contribution < 1.29 is 13.9 Å². The molecule has 1 aliphatic rings. The van der Waals surface area contributed by atoms with Gasteiger partial charge in [-0.25, -0.2) is 9.37 Å². The second-order valence-corrected chi connectivity index (χ2v) is 7.10. The molecule has 1 aliphatic heterocycles. The van der Waals surface area contributed by atoms with Gasteiger partial charge in [0.25, 0.3) is 5.56 Å². The number of hydrogen-bond donors (Lipinski definition) is 2. The number of amides is 1. The van der Waals surface area contributed by atoms with Gasteiger partial charge in [-0.15, -0.1) is 0 Å². The lowest BCUT2D eigenvalue weighted by molar-refractivity contribution is -0.113. The highest BCUT2D eigenvalue weighted by atomic mass is 32.2. The quantitative estimate of drug-likeness (QED) is 0.576. The average Bonchev–Trinajstić information content (AvgIpc) is 2.66. The van der Waals surface area contributed by atoms with Crippen LogP contribution in [-0.4, -0.2) is 52.8 Å². The Kier molecular flexibility index (Phi) is 6.59. The van der Waals surface area contributed by atoms with Gasteiger partial charge in [-0.2, -0.15) is 0 Å². The van der Waals surface area contributed by atoms with Gasteiger partial charge in [0.1, 0.15) is 5.82 Å². The lowest BCUT2D eigenvalue weighted by atomic mass is 10.2. The topological polar surface area (TPSA) is 87.3 Å². The van der Waals surface area contributed by atoms with Crippen molar-refractivity contribution in [2.24, 2.45) is 0 Å². The van der Waals surface area contributed by atoms with Crippen molar-refractivity contribution in [1.82, 2.24) is 14.9 Å². The molecule has 0 atom stereocenters. The van der Waals surface area contributed by atoms with E-state index in [1.807, 2.05) is 0 Å². The van der Waals surface area contributed by atoms with Crippen molar-refractivity contribution in [2.75, 3.05) is 37.4 Å². The highest BCUT2D eigenvalue weighted by Gasteiger charge is 2.16. The molecule has 0 radical (unpaired) electrons. The molecule has 2 N–H and O–H groups in total. The SMILES string of the molecule is Cc1nc(SCC(=O)Nc2ccccc2F)[nH]c(=O)c1CN1CCOCC1. The van der Waals surface area contributed by atoms with Crippen molar-refractivity contribution in [1.29, 1.82) is 0 Å². The highest BCUT2D eigenvalue weighted by molar-refractivity contribution is 7.99. The van der Waals surface area contributed by atoms with Gasteiger partial charge in [-0.1, -0.05) is 23.9 Å². The van der Waals surface area contributed by atoms with E-state index in [1.165, 1.54) is 12.1 Å².